The van der Waals surface area contributed by atoms with Gasteiger partial charge < -0.3 is 5.32 Å². The van der Waals surface area contributed by atoms with Crippen LogP contribution < -0.4 is 16.2 Å². The Morgan fingerprint density at radius 3 is 2.32 bits per heavy atom. The topological polar surface area (TPSA) is 61.9 Å². The van der Waals surface area contributed by atoms with E-state index in [4.69, 9.17) is 0 Å². The number of benzene rings is 2. The third-order valence-corrected chi connectivity index (χ3v) is 3.37. The maximum absolute atomic E-state index is 4.21. The fourth-order valence-electron chi connectivity index (χ4n) is 1.87. The van der Waals surface area contributed by atoms with E-state index < -0.39 is 0 Å². The first-order valence-corrected chi connectivity index (χ1v) is 7.50. The van der Waals surface area contributed by atoms with Crippen LogP contribution >= 0.6 is 15.9 Å². The number of hydrazine groups is 1. The van der Waals surface area contributed by atoms with Crippen LogP contribution in [0, 0.1) is 0 Å². The third-order valence-electron chi connectivity index (χ3n) is 2.87. The molecule has 0 radical (unpaired) electrons. The normalized spacial score (nSPS) is 10.0. The summed E-state index contributed by atoms with van der Waals surface area (Å²) in [4.78, 5) is 8.39. The lowest BCUT2D eigenvalue weighted by Crippen LogP contribution is -2.10. The first-order chi connectivity index (χ1) is 10.8. The molecule has 6 heteroatoms. The van der Waals surface area contributed by atoms with E-state index in [1.165, 1.54) is 6.33 Å². The molecule has 1 aromatic heterocycles. The molecule has 0 bridgehead atoms. The number of rotatable bonds is 5. The Kier molecular flexibility index (Phi) is 4.50. The molecule has 0 spiro atoms. The summed E-state index contributed by atoms with van der Waals surface area (Å²) in [5, 5.41) is 3.23. The van der Waals surface area contributed by atoms with E-state index in [2.05, 4.69) is 42.1 Å². The van der Waals surface area contributed by atoms with Gasteiger partial charge in [0.2, 0.25) is 0 Å². The van der Waals surface area contributed by atoms with Crippen molar-refractivity contribution < 1.29 is 0 Å². The molecule has 0 aliphatic rings. The Morgan fingerprint density at radius 1 is 0.727 bits per heavy atom. The number of nitrogens with zero attached hydrogens (tertiary/aromatic N) is 2. The van der Waals surface area contributed by atoms with Crippen molar-refractivity contribution in [3.05, 3.63) is 71.5 Å². The zero-order valence-corrected chi connectivity index (χ0v) is 13.2. The van der Waals surface area contributed by atoms with Gasteiger partial charge in [0.05, 0.1) is 5.69 Å². The smallest absolute Gasteiger partial charge is 0.149 e. The number of anilines is 4. The minimum atomic E-state index is 0.677. The predicted octanol–water partition coefficient (Wildman–Crippen LogP) is 4.42. The molecule has 0 aliphatic heterocycles. The monoisotopic (exact) mass is 355 g/mol. The average Bonchev–Trinajstić information content (AvgIpc) is 2.54. The quantitative estimate of drug-likeness (QED) is 0.591. The third kappa shape index (κ3) is 3.95. The largest absolute Gasteiger partial charge is 0.340 e. The van der Waals surface area contributed by atoms with E-state index in [0.29, 0.717) is 11.6 Å². The lowest BCUT2D eigenvalue weighted by Gasteiger charge is -2.10. The Hall–Kier alpha value is -2.60. The molecular formula is C16H14BrN5. The van der Waals surface area contributed by atoms with Crippen molar-refractivity contribution in [2.24, 2.45) is 0 Å². The number of hydrogen-bond acceptors (Lipinski definition) is 5. The van der Waals surface area contributed by atoms with Crippen LogP contribution in [0.5, 0.6) is 0 Å². The van der Waals surface area contributed by atoms with Gasteiger partial charge in [-0.1, -0.05) is 40.2 Å². The molecule has 22 heavy (non-hydrogen) atoms. The fourth-order valence-corrected chi connectivity index (χ4v) is 2.27. The molecule has 110 valence electrons. The summed E-state index contributed by atoms with van der Waals surface area (Å²) >= 11 is 3.45. The highest BCUT2D eigenvalue weighted by Gasteiger charge is 2.00. The van der Waals surface area contributed by atoms with Crippen LogP contribution in [-0.4, -0.2) is 9.97 Å². The molecule has 3 aromatic rings. The first-order valence-electron chi connectivity index (χ1n) is 6.71. The first kappa shape index (κ1) is 14.3. The van der Waals surface area contributed by atoms with Crippen molar-refractivity contribution in [1.82, 2.24) is 9.97 Å². The van der Waals surface area contributed by atoms with Gasteiger partial charge >= 0.3 is 0 Å². The minimum Gasteiger partial charge on any atom is -0.340 e. The van der Waals surface area contributed by atoms with Crippen molar-refractivity contribution >= 4 is 38.9 Å². The van der Waals surface area contributed by atoms with E-state index in [1.54, 1.807) is 0 Å². The highest BCUT2D eigenvalue weighted by Crippen LogP contribution is 2.20. The number of nitrogens with one attached hydrogen (secondary N) is 3. The minimum absolute atomic E-state index is 0.677. The van der Waals surface area contributed by atoms with E-state index in [1.807, 2.05) is 60.7 Å². The van der Waals surface area contributed by atoms with Gasteiger partial charge in [-0.3, -0.25) is 10.9 Å². The van der Waals surface area contributed by atoms with Gasteiger partial charge in [0.15, 0.2) is 0 Å². The van der Waals surface area contributed by atoms with Gasteiger partial charge in [-0.05, 0) is 30.3 Å². The molecule has 1 heterocycles. The maximum Gasteiger partial charge on any atom is 0.149 e. The molecule has 3 N–H and O–H groups in total. The zero-order chi connectivity index (χ0) is 15.2. The summed E-state index contributed by atoms with van der Waals surface area (Å²) in [6.07, 6.45) is 1.51. The molecule has 0 fully saturated rings. The summed E-state index contributed by atoms with van der Waals surface area (Å²) in [5.41, 5.74) is 8.05. The van der Waals surface area contributed by atoms with Gasteiger partial charge in [-0.2, -0.15) is 0 Å². The van der Waals surface area contributed by atoms with Crippen molar-refractivity contribution in [2.45, 2.75) is 0 Å². The zero-order valence-electron chi connectivity index (χ0n) is 11.6. The van der Waals surface area contributed by atoms with E-state index in [9.17, 15) is 0 Å². The number of halogens is 1. The van der Waals surface area contributed by atoms with Crippen LogP contribution in [0.2, 0.25) is 0 Å². The SMILES string of the molecule is Brc1cccc(Nc2cc(NNc3ccccc3)ncn2)c1. The number of para-hydroxylation sites is 1. The second-order valence-electron chi connectivity index (χ2n) is 4.54. The molecule has 0 saturated carbocycles. The molecule has 0 saturated heterocycles. The summed E-state index contributed by atoms with van der Waals surface area (Å²) in [7, 11) is 0. The summed E-state index contributed by atoms with van der Waals surface area (Å²) in [5.74, 6) is 1.39. The van der Waals surface area contributed by atoms with Gasteiger partial charge in [0.1, 0.15) is 18.0 Å². The van der Waals surface area contributed by atoms with Crippen LogP contribution in [-0.2, 0) is 0 Å². The Morgan fingerprint density at radius 2 is 1.50 bits per heavy atom. The van der Waals surface area contributed by atoms with Crippen LogP contribution in [0.1, 0.15) is 0 Å². The van der Waals surface area contributed by atoms with Gasteiger partial charge in [0, 0.05) is 16.2 Å². The van der Waals surface area contributed by atoms with Crippen LogP contribution in [0.4, 0.5) is 23.0 Å². The summed E-state index contributed by atoms with van der Waals surface area (Å²) in [6, 6.07) is 19.6. The van der Waals surface area contributed by atoms with E-state index in [0.717, 1.165) is 15.8 Å². The summed E-state index contributed by atoms with van der Waals surface area (Å²) in [6.45, 7) is 0. The molecule has 0 atom stereocenters. The molecule has 5 nitrogen and oxygen atoms in total. The standard InChI is InChI=1S/C16H14BrN5/c17-12-5-4-8-14(9-12)20-15-10-16(19-11-18-15)22-21-13-6-2-1-3-7-13/h1-11,21H,(H2,18,19,20,22). The molecular weight excluding hydrogens is 342 g/mol. The van der Waals surface area contributed by atoms with Crippen LogP contribution in [0.15, 0.2) is 71.5 Å². The van der Waals surface area contributed by atoms with Crippen LogP contribution in [0.25, 0.3) is 0 Å². The van der Waals surface area contributed by atoms with Gasteiger partial charge in [0.25, 0.3) is 0 Å². The van der Waals surface area contributed by atoms with E-state index in [-0.39, 0.29) is 0 Å². The van der Waals surface area contributed by atoms with Gasteiger partial charge in [-0.25, -0.2) is 9.97 Å². The second kappa shape index (κ2) is 6.91. The van der Waals surface area contributed by atoms with Crippen molar-refractivity contribution in [1.29, 1.82) is 0 Å². The van der Waals surface area contributed by atoms with Gasteiger partial charge in [-0.15, -0.1) is 0 Å². The van der Waals surface area contributed by atoms with Crippen LogP contribution in [0.3, 0.4) is 0 Å². The fraction of sp³-hybridized carbons (Fsp3) is 0. The summed E-state index contributed by atoms with van der Waals surface area (Å²) < 4.78 is 1.01. The lowest BCUT2D eigenvalue weighted by atomic mass is 10.3. The van der Waals surface area contributed by atoms with Crippen molar-refractivity contribution in [3.8, 4) is 0 Å². The van der Waals surface area contributed by atoms with Crippen molar-refractivity contribution in [2.75, 3.05) is 16.2 Å². The lowest BCUT2D eigenvalue weighted by molar-refractivity contribution is 1.15. The molecule has 3 rings (SSSR count). The highest BCUT2D eigenvalue weighted by molar-refractivity contribution is 9.10. The molecule has 0 amide bonds. The number of hydrogen-bond donors (Lipinski definition) is 3. The maximum atomic E-state index is 4.21. The highest BCUT2D eigenvalue weighted by atomic mass is 79.9. The Labute approximate surface area is 136 Å². The molecule has 0 unspecified atom stereocenters. The number of aromatic nitrogens is 2. The van der Waals surface area contributed by atoms with Crippen molar-refractivity contribution in [3.63, 3.8) is 0 Å². The average molecular weight is 356 g/mol. The van der Waals surface area contributed by atoms with E-state index >= 15 is 0 Å². The molecule has 0 aliphatic carbocycles. The Balaban J connectivity index is 1.67. The predicted molar refractivity (Wildman–Crippen MR) is 93.1 cm³/mol. The molecule has 2 aromatic carbocycles. The second-order valence-corrected chi connectivity index (χ2v) is 5.46. The Bertz CT molecular complexity index is 748.